The number of benzene rings is 3. The highest BCUT2D eigenvalue weighted by Gasteiger charge is 2.48. The molecule has 2 N–H and O–H groups in total. The van der Waals surface area contributed by atoms with Crippen LogP contribution >= 0.6 is 11.3 Å². The number of phenolic OH excluding ortho intramolecular Hbond substituents is 1. The van der Waals surface area contributed by atoms with E-state index in [1.807, 2.05) is 26.0 Å². The molecule has 1 amide bonds. The first-order chi connectivity index (χ1) is 17.3. The maximum absolute atomic E-state index is 13.5. The highest BCUT2D eigenvalue weighted by molar-refractivity contribution is 7.22. The minimum atomic E-state index is -0.966. The van der Waals surface area contributed by atoms with Crippen LogP contribution in [0.2, 0.25) is 0 Å². The lowest BCUT2D eigenvalue weighted by Gasteiger charge is -2.23. The minimum Gasteiger partial charge on any atom is -0.507 e. The van der Waals surface area contributed by atoms with Gasteiger partial charge in [0.05, 0.1) is 28.4 Å². The number of ketones is 1. The van der Waals surface area contributed by atoms with Gasteiger partial charge in [-0.2, -0.15) is 0 Å². The third-order valence-electron chi connectivity index (χ3n) is 6.12. The number of rotatable bonds is 5. The number of aliphatic hydroxyl groups excluding tert-OH is 1. The van der Waals surface area contributed by atoms with E-state index in [0.29, 0.717) is 22.9 Å². The Morgan fingerprint density at radius 1 is 1.08 bits per heavy atom. The van der Waals surface area contributed by atoms with Crippen LogP contribution in [0, 0.1) is 13.8 Å². The Hall–Kier alpha value is -4.17. The highest BCUT2D eigenvalue weighted by atomic mass is 32.1. The number of aliphatic hydroxyl groups is 1. The van der Waals surface area contributed by atoms with Crippen LogP contribution in [-0.2, 0) is 9.59 Å². The van der Waals surface area contributed by atoms with Crippen LogP contribution in [0.15, 0.2) is 66.2 Å². The van der Waals surface area contributed by atoms with Gasteiger partial charge in [0.15, 0.2) is 16.6 Å². The van der Waals surface area contributed by atoms with E-state index >= 15 is 0 Å². The summed E-state index contributed by atoms with van der Waals surface area (Å²) < 4.78 is 6.45. The van der Waals surface area contributed by atoms with Gasteiger partial charge in [-0.05, 0) is 55.7 Å². The number of phenols is 1. The summed E-state index contributed by atoms with van der Waals surface area (Å²) >= 11 is 1.31. The maximum Gasteiger partial charge on any atom is 0.301 e. The molecule has 0 radical (unpaired) electrons. The summed E-state index contributed by atoms with van der Waals surface area (Å²) in [5.74, 6) is -1.71. The Labute approximate surface area is 211 Å². The summed E-state index contributed by atoms with van der Waals surface area (Å²) in [6.07, 6.45) is 0. The lowest BCUT2D eigenvalue weighted by molar-refractivity contribution is -0.132. The van der Waals surface area contributed by atoms with Crippen LogP contribution in [-0.4, -0.2) is 33.5 Å². The molecule has 1 atom stereocenters. The number of aryl methyl sites for hydroxylation is 2. The van der Waals surface area contributed by atoms with Gasteiger partial charge in [-0.15, -0.1) is 0 Å². The average molecular weight is 501 g/mol. The van der Waals surface area contributed by atoms with Gasteiger partial charge in [0.25, 0.3) is 5.78 Å². The van der Waals surface area contributed by atoms with Crippen molar-refractivity contribution in [1.82, 2.24) is 4.98 Å². The van der Waals surface area contributed by atoms with E-state index in [2.05, 4.69) is 0 Å². The van der Waals surface area contributed by atoms with Gasteiger partial charge in [0.2, 0.25) is 0 Å². The summed E-state index contributed by atoms with van der Waals surface area (Å²) in [6, 6.07) is 16.3. The number of ether oxygens (including phenoxy) is 1. The number of Topliss-reactive ketones (excluding diaryl/α,β-unsaturated/α-hetero) is 1. The topological polar surface area (TPSA) is 100.0 Å². The summed E-state index contributed by atoms with van der Waals surface area (Å²) in [4.78, 5) is 32.9. The van der Waals surface area contributed by atoms with Crippen molar-refractivity contribution in [3.63, 3.8) is 0 Å². The van der Waals surface area contributed by atoms with Crippen molar-refractivity contribution < 1.29 is 24.5 Å². The lowest BCUT2D eigenvalue weighted by atomic mass is 9.95. The molecular weight excluding hydrogens is 476 g/mol. The van der Waals surface area contributed by atoms with Crippen molar-refractivity contribution >= 4 is 44.1 Å². The molecule has 0 aliphatic carbocycles. The molecule has 7 nitrogen and oxygen atoms in total. The van der Waals surface area contributed by atoms with Crippen molar-refractivity contribution in [1.29, 1.82) is 0 Å². The number of carbonyl (C=O) groups excluding carboxylic acids is 2. The van der Waals surface area contributed by atoms with Gasteiger partial charge < -0.3 is 14.9 Å². The molecule has 8 heteroatoms. The Morgan fingerprint density at radius 2 is 1.83 bits per heavy atom. The molecule has 1 saturated heterocycles. The monoisotopic (exact) mass is 500 g/mol. The first-order valence-corrected chi connectivity index (χ1v) is 12.3. The second-order valence-electron chi connectivity index (χ2n) is 8.62. The number of amides is 1. The molecule has 182 valence electrons. The van der Waals surface area contributed by atoms with Crippen LogP contribution in [0.5, 0.6) is 11.5 Å². The standard InChI is InChI=1S/C28H24N2O5S/c1-4-35-20-14-18(10-11-19(20)31)24-22(25(32)17-8-6-5-7-9-17)26(33)27(34)30(24)28-29-23-16(3)12-15(2)13-21(23)36-28/h5-14,24,31-32H,4H2,1-3H3. The van der Waals surface area contributed by atoms with Gasteiger partial charge in [-0.1, -0.05) is 53.8 Å². The molecule has 1 unspecified atom stereocenters. The Morgan fingerprint density at radius 3 is 2.56 bits per heavy atom. The molecule has 5 rings (SSSR count). The molecular formula is C28H24N2O5S. The maximum atomic E-state index is 13.5. The number of thiazole rings is 1. The molecule has 1 aliphatic heterocycles. The fraction of sp³-hybridized carbons (Fsp3) is 0.179. The summed E-state index contributed by atoms with van der Waals surface area (Å²) in [6.45, 7) is 6.05. The van der Waals surface area contributed by atoms with Gasteiger partial charge in [-0.3, -0.25) is 14.5 Å². The van der Waals surface area contributed by atoms with Crippen LogP contribution < -0.4 is 9.64 Å². The molecule has 1 aromatic heterocycles. The normalized spacial score (nSPS) is 17.2. The minimum absolute atomic E-state index is 0.0495. The van der Waals surface area contributed by atoms with E-state index in [0.717, 1.165) is 21.3 Å². The quantitative estimate of drug-likeness (QED) is 0.209. The number of carbonyl (C=O) groups is 2. The molecule has 0 saturated carbocycles. The Balaban J connectivity index is 1.76. The molecule has 3 aromatic carbocycles. The van der Waals surface area contributed by atoms with E-state index in [4.69, 9.17) is 9.72 Å². The largest absolute Gasteiger partial charge is 0.507 e. The number of nitrogens with zero attached hydrogens (tertiary/aromatic N) is 2. The predicted octanol–water partition coefficient (Wildman–Crippen LogP) is 5.64. The first kappa shape index (κ1) is 23.6. The van der Waals surface area contributed by atoms with Crippen LogP contribution in [0.4, 0.5) is 5.13 Å². The second kappa shape index (κ2) is 9.13. The fourth-order valence-corrected chi connectivity index (χ4v) is 5.70. The van der Waals surface area contributed by atoms with Crippen molar-refractivity contribution in [3.8, 4) is 11.5 Å². The number of aromatic nitrogens is 1. The molecule has 0 bridgehead atoms. The van der Waals surface area contributed by atoms with E-state index in [9.17, 15) is 19.8 Å². The number of aromatic hydroxyl groups is 1. The summed E-state index contributed by atoms with van der Waals surface area (Å²) in [7, 11) is 0. The molecule has 0 spiro atoms. The number of hydrogen-bond acceptors (Lipinski definition) is 7. The zero-order valence-electron chi connectivity index (χ0n) is 20.0. The number of hydrogen-bond donors (Lipinski definition) is 2. The third-order valence-corrected chi connectivity index (χ3v) is 7.12. The second-order valence-corrected chi connectivity index (χ2v) is 9.63. The Kier molecular flexibility index (Phi) is 5.97. The van der Waals surface area contributed by atoms with Crippen LogP contribution in [0.3, 0.4) is 0 Å². The highest BCUT2D eigenvalue weighted by Crippen LogP contribution is 2.46. The molecule has 2 heterocycles. The summed E-state index contributed by atoms with van der Waals surface area (Å²) in [5.41, 5.74) is 3.66. The smallest absolute Gasteiger partial charge is 0.301 e. The fourth-order valence-electron chi connectivity index (χ4n) is 4.53. The van der Waals surface area contributed by atoms with E-state index in [1.165, 1.54) is 22.3 Å². The Bertz CT molecular complexity index is 1540. The summed E-state index contributed by atoms with van der Waals surface area (Å²) in [5, 5.41) is 21.8. The van der Waals surface area contributed by atoms with Crippen LogP contribution in [0.1, 0.15) is 35.2 Å². The van der Waals surface area contributed by atoms with Crippen molar-refractivity contribution in [2.45, 2.75) is 26.8 Å². The van der Waals surface area contributed by atoms with Gasteiger partial charge in [0.1, 0.15) is 5.76 Å². The zero-order chi connectivity index (χ0) is 25.6. The first-order valence-electron chi connectivity index (χ1n) is 11.5. The molecule has 36 heavy (non-hydrogen) atoms. The molecule has 1 aliphatic rings. The molecule has 4 aromatic rings. The average Bonchev–Trinajstić information content (AvgIpc) is 3.39. The lowest BCUT2D eigenvalue weighted by Crippen LogP contribution is -2.29. The van der Waals surface area contributed by atoms with Crippen molar-refractivity contribution in [2.75, 3.05) is 11.5 Å². The molecule has 1 fully saturated rings. The van der Waals surface area contributed by atoms with E-state index in [-0.39, 0.29) is 22.8 Å². The van der Waals surface area contributed by atoms with Crippen molar-refractivity contribution in [2.24, 2.45) is 0 Å². The van der Waals surface area contributed by atoms with Gasteiger partial charge >= 0.3 is 5.91 Å². The number of fused-ring (bicyclic) bond motifs is 1. The third kappa shape index (κ3) is 3.89. The van der Waals surface area contributed by atoms with Crippen molar-refractivity contribution in [3.05, 3.63) is 88.5 Å². The zero-order valence-corrected chi connectivity index (χ0v) is 20.8. The van der Waals surface area contributed by atoms with Gasteiger partial charge in [0, 0.05) is 5.56 Å². The van der Waals surface area contributed by atoms with Gasteiger partial charge in [-0.25, -0.2) is 4.98 Å². The van der Waals surface area contributed by atoms with E-state index in [1.54, 1.807) is 49.4 Å². The predicted molar refractivity (Wildman–Crippen MR) is 140 cm³/mol. The van der Waals surface area contributed by atoms with E-state index < -0.39 is 17.7 Å². The SMILES string of the molecule is CCOc1cc(C2C(=C(O)c3ccccc3)C(=O)C(=O)N2c2nc3c(C)cc(C)cc3s2)ccc1O. The van der Waals surface area contributed by atoms with Crippen LogP contribution in [0.25, 0.3) is 16.0 Å². The number of anilines is 1.